The van der Waals surface area contributed by atoms with Gasteiger partial charge in [0.05, 0.1) is 26.0 Å². The van der Waals surface area contributed by atoms with Crippen LogP contribution in [0.25, 0.3) is 11.0 Å². The van der Waals surface area contributed by atoms with Crippen molar-refractivity contribution in [3.05, 3.63) is 58.3 Å². The second kappa shape index (κ2) is 8.80. The summed E-state index contributed by atoms with van der Waals surface area (Å²) in [4.78, 5) is 6.87. The molecule has 0 fully saturated rings. The van der Waals surface area contributed by atoms with Crippen LogP contribution in [0.1, 0.15) is 5.82 Å². The summed E-state index contributed by atoms with van der Waals surface area (Å²) in [5, 5.41) is 0.519. The first-order valence-corrected chi connectivity index (χ1v) is 11.1. The SMILES string of the molecule is CN(C)CCn1c(CCNS(=O)(=O)c2ccc(Cl)c(Cl)c2)nc2ccccc21. The van der Waals surface area contributed by atoms with Crippen LogP contribution in [-0.2, 0) is 23.0 Å². The van der Waals surface area contributed by atoms with Crippen molar-refractivity contribution in [3.63, 3.8) is 0 Å². The van der Waals surface area contributed by atoms with Gasteiger partial charge in [-0.1, -0.05) is 35.3 Å². The largest absolute Gasteiger partial charge is 0.327 e. The highest BCUT2D eigenvalue weighted by molar-refractivity contribution is 7.89. The fourth-order valence-corrected chi connectivity index (χ4v) is 4.31. The summed E-state index contributed by atoms with van der Waals surface area (Å²) in [5.74, 6) is 0.847. The van der Waals surface area contributed by atoms with E-state index in [1.807, 2.05) is 38.4 Å². The van der Waals surface area contributed by atoms with Crippen LogP contribution in [-0.4, -0.2) is 50.1 Å². The van der Waals surface area contributed by atoms with Crippen LogP contribution in [0.2, 0.25) is 10.0 Å². The number of halogens is 2. The van der Waals surface area contributed by atoms with Crippen LogP contribution in [0.5, 0.6) is 0 Å². The monoisotopic (exact) mass is 440 g/mol. The van der Waals surface area contributed by atoms with Gasteiger partial charge in [0.15, 0.2) is 0 Å². The van der Waals surface area contributed by atoms with E-state index in [2.05, 4.69) is 19.2 Å². The zero-order valence-electron chi connectivity index (χ0n) is 15.7. The minimum absolute atomic E-state index is 0.0861. The lowest BCUT2D eigenvalue weighted by Crippen LogP contribution is -2.27. The normalized spacial score (nSPS) is 12.2. The summed E-state index contributed by atoms with van der Waals surface area (Å²) in [6, 6.07) is 12.2. The first-order valence-electron chi connectivity index (χ1n) is 8.81. The van der Waals surface area contributed by atoms with Gasteiger partial charge in [0.2, 0.25) is 10.0 Å². The molecule has 9 heteroatoms. The topological polar surface area (TPSA) is 67.2 Å². The predicted molar refractivity (Wildman–Crippen MR) is 114 cm³/mol. The number of para-hydroxylation sites is 2. The van der Waals surface area contributed by atoms with E-state index in [1.165, 1.54) is 18.2 Å². The first-order chi connectivity index (χ1) is 13.3. The second-order valence-corrected chi connectivity index (χ2v) is 9.28. The number of hydrogen-bond donors (Lipinski definition) is 1. The van der Waals surface area contributed by atoms with E-state index < -0.39 is 10.0 Å². The summed E-state index contributed by atoms with van der Waals surface area (Å²) < 4.78 is 29.8. The molecule has 150 valence electrons. The molecule has 0 aliphatic heterocycles. The Morgan fingerprint density at radius 1 is 1.11 bits per heavy atom. The summed E-state index contributed by atoms with van der Waals surface area (Å²) in [5.41, 5.74) is 1.95. The Morgan fingerprint density at radius 2 is 1.86 bits per heavy atom. The molecule has 0 aliphatic carbocycles. The van der Waals surface area contributed by atoms with Gasteiger partial charge in [0.25, 0.3) is 0 Å². The Morgan fingerprint density at radius 3 is 2.57 bits per heavy atom. The zero-order valence-corrected chi connectivity index (χ0v) is 18.0. The molecule has 1 N–H and O–H groups in total. The summed E-state index contributed by atoms with van der Waals surface area (Å²) >= 11 is 11.8. The van der Waals surface area contributed by atoms with Gasteiger partial charge in [-0.15, -0.1) is 0 Å². The molecule has 0 saturated carbocycles. The fraction of sp³-hybridized carbons (Fsp3) is 0.316. The van der Waals surface area contributed by atoms with Crippen LogP contribution in [0.3, 0.4) is 0 Å². The molecule has 0 spiro atoms. The molecule has 0 radical (unpaired) electrons. The summed E-state index contributed by atoms with van der Waals surface area (Å²) in [7, 11) is 0.359. The third-order valence-electron chi connectivity index (χ3n) is 4.35. The third kappa shape index (κ3) is 4.85. The number of nitrogens with one attached hydrogen (secondary N) is 1. The van der Waals surface area contributed by atoms with Crippen molar-refractivity contribution in [3.8, 4) is 0 Å². The van der Waals surface area contributed by atoms with Crippen molar-refractivity contribution in [1.82, 2.24) is 19.2 Å². The summed E-state index contributed by atoms with van der Waals surface area (Å²) in [6.45, 7) is 1.87. The average Bonchev–Trinajstić information content (AvgIpc) is 2.99. The van der Waals surface area contributed by atoms with Crippen molar-refractivity contribution in [2.75, 3.05) is 27.2 Å². The Labute approximate surface area is 175 Å². The molecule has 1 aromatic heterocycles. The number of likely N-dealkylation sites (N-methyl/N-ethyl adjacent to an activating group) is 1. The first kappa shape index (κ1) is 21.1. The van der Waals surface area contributed by atoms with Crippen LogP contribution in [0.15, 0.2) is 47.4 Å². The van der Waals surface area contributed by atoms with Gasteiger partial charge in [0, 0.05) is 26.1 Å². The standard InChI is InChI=1S/C19H22Cl2N4O2S/c1-24(2)11-12-25-18-6-4-3-5-17(18)23-19(25)9-10-22-28(26,27)14-7-8-15(20)16(21)13-14/h3-8,13,22H,9-12H2,1-2H3. The molecule has 0 saturated heterocycles. The lowest BCUT2D eigenvalue weighted by atomic mass is 10.3. The maximum absolute atomic E-state index is 12.5. The van der Waals surface area contributed by atoms with E-state index in [0.717, 1.165) is 29.9 Å². The van der Waals surface area contributed by atoms with E-state index >= 15 is 0 Å². The number of hydrogen-bond acceptors (Lipinski definition) is 4. The van der Waals surface area contributed by atoms with Crippen LogP contribution < -0.4 is 4.72 Å². The van der Waals surface area contributed by atoms with Crippen LogP contribution in [0, 0.1) is 0 Å². The summed E-state index contributed by atoms with van der Waals surface area (Å²) in [6.07, 6.45) is 0.475. The number of nitrogens with zero attached hydrogens (tertiary/aromatic N) is 3. The average molecular weight is 441 g/mol. The third-order valence-corrected chi connectivity index (χ3v) is 6.54. The lowest BCUT2D eigenvalue weighted by Gasteiger charge is -2.14. The molecule has 3 aromatic rings. The molecule has 3 rings (SSSR count). The van der Waals surface area contributed by atoms with Gasteiger partial charge in [-0.05, 0) is 44.4 Å². The molecule has 0 bridgehead atoms. The van der Waals surface area contributed by atoms with Gasteiger partial charge in [-0.25, -0.2) is 18.1 Å². The van der Waals surface area contributed by atoms with E-state index in [9.17, 15) is 8.42 Å². The Kier molecular flexibility index (Phi) is 6.62. The second-order valence-electron chi connectivity index (χ2n) is 6.70. The van der Waals surface area contributed by atoms with Gasteiger partial charge < -0.3 is 9.47 Å². The van der Waals surface area contributed by atoms with E-state index in [0.29, 0.717) is 11.4 Å². The van der Waals surface area contributed by atoms with Crippen molar-refractivity contribution in [2.45, 2.75) is 17.9 Å². The predicted octanol–water partition coefficient (Wildman–Crippen LogP) is 3.43. The highest BCUT2D eigenvalue weighted by Gasteiger charge is 2.16. The minimum atomic E-state index is -3.68. The quantitative estimate of drug-likeness (QED) is 0.582. The zero-order chi connectivity index (χ0) is 20.3. The fourth-order valence-electron chi connectivity index (χ4n) is 2.89. The van der Waals surface area contributed by atoms with Crippen molar-refractivity contribution in [1.29, 1.82) is 0 Å². The number of sulfonamides is 1. The number of benzene rings is 2. The van der Waals surface area contributed by atoms with E-state index in [-0.39, 0.29) is 16.5 Å². The molecule has 6 nitrogen and oxygen atoms in total. The van der Waals surface area contributed by atoms with Gasteiger partial charge in [0.1, 0.15) is 5.82 Å². The number of imidazole rings is 1. The molecular formula is C19H22Cl2N4O2S. The molecule has 28 heavy (non-hydrogen) atoms. The number of fused-ring (bicyclic) bond motifs is 1. The van der Waals surface area contributed by atoms with Gasteiger partial charge in [-0.3, -0.25) is 0 Å². The van der Waals surface area contributed by atoms with Gasteiger partial charge in [-0.2, -0.15) is 0 Å². The van der Waals surface area contributed by atoms with Crippen LogP contribution >= 0.6 is 23.2 Å². The van der Waals surface area contributed by atoms with Crippen molar-refractivity contribution in [2.24, 2.45) is 0 Å². The molecule has 0 atom stereocenters. The Bertz CT molecular complexity index is 1080. The van der Waals surface area contributed by atoms with Gasteiger partial charge >= 0.3 is 0 Å². The van der Waals surface area contributed by atoms with Crippen molar-refractivity contribution < 1.29 is 8.42 Å². The van der Waals surface area contributed by atoms with E-state index in [4.69, 9.17) is 23.2 Å². The molecule has 1 heterocycles. The molecular weight excluding hydrogens is 419 g/mol. The molecule has 0 aliphatic rings. The van der Waals surface area contributed by atoms with Crippen LogP contribution in [0.4, 0.5) is 0 Å². The highest BCUT2D eigenvalue weighted by atomic mass is 35.5. The smallest absolute Gasteiger partial charge is 0.240 e. The molecule has 2 aromatic carbocycles. The maximum atomic E-state index is 12.5. The Balaban J connectivity index is 1.75. The lowest BCUT2D eigenvalue weighted by molar-refractivity contribution is 0.383. The Hall–Kier alpha value is -1.64. The van der Waals surface area contributed by atoms with E-state index in [1.54, 1.807) is 0 Å². The number of aromatic nitrogens is 2. The van der Waals surface area contributed by atoms with Crippen molar-refractivity contribution >= 4 is 44.3 Å². The maximum Gasteiger partial charge on any atom is 0.240 e. The minimum Gasteiger partial charge on any atom is -0.327 e. The molecule has 0 unspecified atom stereocenters. The molecule has 0 amide bonds. The number of rotatable bonds is 8. The highest BCUT2D eigenvalue weighted by Crippen LogP contribution is 2.24.